The number of amides is 3. The first-order valence-corrected chi connectivity index (χ1v) is 9.07. The maximum absolute atomic E-state index is 12.5. The highest BCUT2D eigenvalue weighted by Crippen LogP contribution is 2.15. The first kappa shape index (κ1) is 19.6. The fraction of sp³-hybridized carbons (Fsp3) is 0.500. The molecule has 3 rings (SSSR count). The Morgan fingerprint density at radius 1 is 1.21 bits per heavy atom. The van der Waals surface area contributed by atoms with Gasteiger partial charge in [-0.25, -0.2) is 14.8 Å². The van der Waals surface area contributed by atoms with E-state index in [2.05, 4.69) is 20.4 Å². The quantitative estimate of drug-likeness (QED) is 0.820. The molecule has 150 valence electrons. The molecule has 0 spiro atoms. The van der Waals surface area contributed by atoms with Crippen LogP contribution in [0.15, 0.2) is 12.3 Å². The topological polar surface area (TPSA) is 99.5 Å². The smallest absolute Gasteiger partial charge is 0.319 e. The van der Waals surface area contributed by atoms with Crippen LogP contribution in [0.1, 0.15) is 27.4 Å². The van der Waals surface area contributed by atoms with E-state index in [9.17, 15) is 9.59 Å². The van der Waals surface area contributed by atoms with Gasteiger partial charge in [-0.3, -0.25) is 9.48 Å². The highest BCUT2D eigenvalue weighted by atomic mass is 16.2. The van der Waals surface area contributed by atoms with Crippen molar-refractivity contribution in [1.82, 2.24) is 34.9 Å². The van der Waals surface area contributed by atoms with E-state index in [0.717, 1.165) is 11.4 Å². The van der Waals surface area contributed by atoms with Gasteiger partial charge in [-0.2, -0.15) is 5.10 Å². The van der Waals surface area contributed by atoms with Crippen LogP contribution in [-0.4, -0.2) is 76.2 Å². The van der Waals surface area contributed by atoms with Gasteiger partial charge in [0.1, 0.15) is 0 Å². The molecular weight excluding hydrogens is 360 g/mol. The number of aryl methyl sites for hydroxylation is 1. The lowest BCUT2D eigenvalue weighted by Gasteiger charge is -2.29. The molecule has 0 atom stereocenters. The molecule has 28 heavy (non-hydrogen) atoms. The van der Waals surface area contributed by atoms with Gasteiger partial charge in [0.2, 0.25) is 5.95 Å². The molecule has 0 unspecified atom stereocenters. The van der Waals surface area contributed by atoms with Crippen molar-refractivity contribution in [1.29, 1.82) is 0 Å². The molecule has 2 aromatic heterocycles. The summed E-state index contributed by atoms with van der Waals surface area (Å²) in [5.41, 5.74) is 2.78. The molecule has 0 bridgehead atoms. The molecule has 3 amide bonds. The molecule has 0 aromatic carbocycles. The predicted molar refractivity (Wildman–Crippen MR) is 104 cm³/mol. The van der Waals surface area contributed by atoms with Crippen LogP contribution in [0, 0.1) is 6.92 Å². The van der Waals surface area contributed by atoms with Gasteiger partial charge >= 0.3 is 6.03 Å². The average Bonchev–Trinajstić information content (AvgIpc) is 3.07. The Morgan fingerprint density at radius 2 is 1.96 bits per heavy atom. The zero-order valence-electron chi connectivity index (χ0n) is 16.9. The maximum atomic E-state index is 12.5. The zero-order chi connectivity index (χ0) is 20.4. The minimum atomic E-state index is -0.238. The fourth-order valence-electron chi connectivity index (χ4n) is 3.02. The van der Waals surface area contributed by atoms with Crippen LogP contribution in [0.25, 0.3) is 0 Å². The van der Waals surface area contributed by atoms with E-state index in [1.54, 1.807) is 35.7 Å². The summed E-state index contributed by atoms with van der Waals surface area (Å²) in [7, 11) is 7.18. The van der Waals surface area contributed by atoms with Crippen LogP contribution < -0.4 is 10.2 Å². The molecule has 0 fully saturated rings. The fourth-order valence-corrected chi connectivity index (χ4v) is 3.02. The van der Waals surface area contributed by atoms with Gasteiger partial charge in [0.15, 0.2) is 0 Å². The molecule has 10 heteroatoms. The van der Waals surface area contributed by atoms with Gasteiger partial charge in [0, 0.05) is 40.9 Å². The molecule has 1 N–H and O–H groups in total. The molecule has 1 aliphatic heterocycles. The zero-order valence-corrected chi connectivity index (χ0v) is 16.9. The SMILES string of the molecule is Cc1nc(N(C)C)ncc1C(=O)NCc1cc2n(n1)CCN(C(=O)N(C)C)C2. The predicted octanol–water partition coefficient (Wildman–Crippen LogP) is 0.475. The Hall–Kier alpha value is -3.17. The monoisotopic (exact) mass is 386 g/mol. The summed E-state index contributed by atoms with van der Waals surface area (Å²) in [4.78, 5) is 38.3. The third-order valence-corrected chi connectivity index (χ3v) is 4.54. The first-order valence-electron chi connectivity index (χ1n) is 9.07. The van der Waals surface area contributed by atoms with Crippen molar-refractivity contribution >= 4 is 17.9 Å². The second kappa shape index (κ2) is 7.83. The van der Waals surface area contributed by atoms with E-state index < -0.39 is 0 Å². The number of hydrogen-bond acceptors (Lipinski definition) is 6. The third-order valence-electron chi connectivity index (χ3n) is 4.54. The number of carbonyl (C=O) groups is 2. The molecule has 0 saturated heterocycles. The maximum Gasteiger partial charge on any atom is 0.319 e. The average molecular weight is 386 g/mol. The van der Waals surface area contributed by atoms with Gasteiger partial charge in [-0.05, 0) is 13.0 Å². The Kier molecular flexibility index (Phi) is 5.48. The van der Waals surface area contributed by atoms with E-state index in [0.29, 0.717) is 43.4 Å². The molecule has 0 radical (unpaired) electrons. The van der Waals surface area contributed by atoms with E-state index >= 15 is 0 Å². The summed E-state index contributed by atoms with van der Waals surface area (Å²) in [6.45, 7) is 3.86. The van der Waals surface area contributed by atoms with E-state index in [-0.39, 0.29) is 11.9 Å². The molecule has 2 aromatic rings. The third kappa shape index (κ3) is 4.05. The normalized spacial score (nSPS) is 13.1. The van der Waals surface area contributed by atoms with E-state index in [1.165, 1.54) is 6.20 Å². The molecule has 3 heterocycles. The molecule has 1 aliphatic rings. The summed E-state index contributed by atoms with van der Waals surface area (Å²) in [6, 6.07) is 1.91. The minimum Gasteiger partial charge on any atom is -0.347 e. The molecule has 0 saturated carbocycles. The Balaban J connectivity index is 1.63. The second-order valence-corrected chi connectivity index (χ2v) is 7.19. The van der Waals surface area contributed by atoms with Crippen molar-refractivity contribution in [3.63, 3.8) is 0 Å². The number of nitrogens with zero attached hydrogens (tertiary/aromatic N) is 7. The standard InChI is InChI=1S/C18H26N8O2/c1-12-15(10-20-17(21-12)23(2)3)16(27)19-9-13-8-14-11-25(18(28)24(4)5)6-7-26(14)22-13/h8,10H,6-7,9,11H2,1-5H3,(H,19,27). The number of aromatic nitrogens is 4. The second-order valence-electron chi connectivity index (χ2n) is 7.19. The van der Waals surface area contributed by atoms with E-state index in [4.69, 9.17) is 0 Å². The van der Waals surface area contributed by atoms with Crippen LogP contribution in [0.3, 0.4) is 0 Å². The number of nitrogens with one attached hydrogen (secondary N) is 1. The van der Waals surface area contributed by atoms with Gasteiger partial charge in [-0.15, -0.1) is 0 Å². The van der Waals surface area contributed by atoms with Crippen LogP contribution in [0.4, 0.5) is 10.7 Å². The van der Waals surface area contributed by atoms with Crippen LogP contribution in [0.2, 0.25) is 0 Å². The van der Waals surface area contributed by atoms with Crippen LogP contribution in [0.5, 0.6) is 0 Å². The number of anilines is 1. The van der Waals surface area contributed by atoms with Gasteiger partial charge < -0.3 is 20.0 Å². The Morgan fingerprint density at radius 3 is 2.61 bits per heavy atom. The lowest BCUT2D eigenvalue weighted by atomic mass is 10.2. The number of hydrogen-bond donors (Lipinski definition) is 1. The van der Waals surface area contributed by atoms with Gasteiger partial charge in [-0.1, -0.05) is 0 Å². The number of urea groups is 1. The first-order chi connectivity index (χ1) is 13.3. The lowest BCUT2D eigenvalue weighted by Crippen LogP contribution is -2.43. The van der Waals surface area contributed by atoms with Crippen molar-refractivity contribution in [2.75, 3.05) is 39.6 Å². The van der Waals surface area contributed by atoms with Crippen molar-refractivity contribution in [3.05, 3.63) is 34.9 Å². The number of fused-ring (bicyclic) bond motifs is 1. The summed E-state index contributed by atoms with van der Waals surface area (Å²) in [5, 5.41) is 7.40. The highest BCUT2D eigenvalue weighted by molar-refractivity contribution is 5.94. The summed E-state index contributed by atoms with van der Waals surface area (Å²) in [6.07, 6.45) is 1.54. The minimum absolute atomic E-state index is 0.0149. The molecular formula is C18H26N8O2. The molecule has 10 nitrogen and oxygen atoms in total. The largest absolute Gasteiger partial charge is 0.347 e. The number of carbonyl (C=O) groups excluding carboxylic acids is 2. The van der Waals surface area contributed by atoms with Crippen molar-refractivity contribution in [3.8, 4) is 0 Å². The Bertz CT molecular complexity index is 890. The lowest BCUT2D eigenvalue weighted by molar-refractivity contribution is 0.0948. The van der Waals surface area contributed by atoms with Gasteiger partial charge in [0.05, 0.1) is 42.3 Å². The van der Waals surface area contributed by atoms with Crippen LogP contribution >= 0.6 is 0 Å². The van der Waals surface area contributed by atoms with Crippen LogP contribution in [-0.2, 0) is 19.6 Å². The number of rotatable bonds is 4. The summed E-state index contributed by atoms with van der Waals surface area (Å²) >= 11 is 0. The van der Waals surface area contributed by atoms with Crippen molar-refractivity contribution < 1.29 is 9.59 Å². The Labute approximate surface area is 164 Å². The van der Waals surface area contributed by atoms with E-state index in [1.807, 2.05) is 24.8 Å². The van der Waals surface area contributed by atoms with Crippen molar-refractivity contribution in [2.45, 2.75) is 26.6 Å². The van der Waals surface area contributed by atoms with Crippen molar-refractivity contribution in [2.24, 2.45) is 0 Å². The van der Waals surface area contributed by atoms with Gasteiger partial charge in [0.25, 0.3) is 5.91 Å². The molecule has 0 aliphatic carbocycles. The summed E-state index contributed by atoms with van der Waals surface area (Å²) < 4.78 is 1.89. The summed E-state index contributed by atoms with van der Waals surface area (Å²) in [5.74, 6) is 0.325. The highest BCUT2D eigenvalue weighted by Gasteiger charge is 2.23.